The van der Waals surface area contributed by atoms with Crippen molar-refractivity contribution in [2.75, 3.05) is 19.8 Å². The van der Waals surface area contributed by atoms with Gasteiger partial charge in [0.25, 0.3) is 0 Å². The van der Waals surface area contributed by atoms with E-state index in [1.165, 1.54) is 0 Å². The van der Waals surface area contributed by atoms with E-state index in [1.807, 2.05) is 13.0 Å². The van der Waals surface area contributed by atoms with Gasteiger partial charge in [-0.15, -0.1) is 0 Å². The van der Waals surface area contributed by atoms with Crippen molar-refractivity contribution in [1.29, 1.82) is 0 Å². The Morgan fingerprint density at radius 3 is 2.71 bits per heavy atom. The van der Waals surface area contributed by atoms with Crippen molar-refractivity contribution in [2.45, 2.75) is 38.0 Å². The zero-order chi connectivity index (χ0) is 15.3. The highest BCUT2D eigenvalue weighted by atomic mass is 35.5. The van der Waals surface area contributed by atoms with Gasteiger partial charge < -0.3 is 10.1 Å². The van der Waals surface area contributed by atoms with Gasteiger partial charge in [-0.1, -0.05) is 35.7 Å². The Morgan fingerprint density at radius 1 is 1.38 bits per heavy atom. The van der Waals surface area contributed by atoms with Crippen LogP contribution in [-0.4, -0.2) is 25.7 Å². The van der Waals surface area contributed by atoms with E-state index in [0.717, 1.165) is 31.2 Å². The molecule has 0 unspecified atom stereocenters. The lowest BCUT2D eigenvalue weighted by molar-refractivity contribution is -0.129. The highest BCUT2D eigenvalue weighted by Crippen LogP contribution is 2.46. The molecule has 5 heteroatoms. The molecule has 0 radical (unpaired) electrons. The molecule has 116 valence electrons. The minimum atomic E-state index is -0.479. The summed E-state index contributed by atoms with van der Waals surface area (Å²) in [6, 6.07) is 5.38. The van der Waals surface area contributed by atoms with Crippen LogP contribution >= 0.6 is 23.2 Å². The molecule has 1 fully saturated rings. The maximum atomic E-state index is 12.6. The van der Waals surface area contributed by atoms with E-state index in [-0.39, 0.29) is 5.91 Å². The Bertz CT molecular complexity index is 501. The molecule has 3 nitrogen and oxygen atoms in total. The summed E-state index contributed by atoms with van der Waals surface area (Å²) in [7, 11) is 0. The van der Waals surface area contributed by atoms with E-state index in [2.05, 4.69) is 5.32 Å². The largest absolute Gasteiger partial charge is 0.382 e. The van der Waals surface area contributed by atoms with Crippen LogP contribution in [0.15, 0.2) is 18.2 Å². The molecule has 1 saturated carbocycles. The minimum absolute atomic E-state index is 0.0643. The molecule has 0 bridgehead atoms. The summed E-state index contributed by atoms with van der Waals surface area (Å²) in [6.45, 7) is 3.97. The molecule has 0 saturated heterocycles. The Balaban J connectivity index is 2.02. The van der Waals surface area contributed by atoms with Crippen LogP contribution in [0.25, 0.3) is 0 Å². The number of halogens is 2. The van der Waals surface area contributed by atoms with Gasteiger partial charge in [0.2, 0.25) is 5.91 Å². The number of benzene rings is 1. The van der Waals surface area contributed by atoms with Crippen LogP contribution in [0.4, 0.5) is 0 Å². The zero-order valence-electron chi connectivity index (χ0n) is 12.3. The summed E-state index contributed by atoms with van der Waals surface area (Å²) in [5.74, 6) is 0.0643. The van der Waals surface area contributed by atoms with Crippen LogP contribution in [0.1, 0.15) is 38.2 Å². The van der Waals surface area contributed by atoms with Crippen LogP contribution in [-0.2, 0) is 14.9 Å². The van der Waals surface area contributed by atoms with E-state index in [4.69, 9.17) is 27.9 Å². The summed E-state index contributed by atoms with van der Waals surface area (Å²) in [4.78, 5) is 12.6. The molecule has 2 rings (SSSR count). The monoisotopic (exact) mass is 329 g/mol. The van der Waals surface area contributed by atoms with E-state index in [1.54, 1.807) is 12.1 Å². The molecule has 1 amide bonds. The predicted octanol–water partition coefficient (Wildman–Crippen LogP) is 3.96. The van der Waals surface area contributed by atoms with E-state index in [9.17, 15) is 4.79 Å². The van der Waals surface area contributed by atoms with Gasteiger partial charge in [-0.05, 0) is 43.9 Å². The van der Waals surface area contributed by atoms with E-state index in [0.29, 0.717) is 29.8 Å². The van der Waals surface area contributed by atoms with Crippen LogP contribution in [0, 0.1) is 0 Å². The van der Waals surface area contributed by atoms with Gasteiger partial charge in [-0.3, -0.25) is 4.79 Å². The maximum Gasteiger partial charge on any atom is 0.230 e. The normalized spacial score (nSPS) is 16.3. The summed E-state index contributed by atoms with van der Waals surface area (Å²) >= 11 is 12.2. The molecule has 1 N–H and O–H groups in total. The number of carbonyl (C=O) groups excluding carboxylic acids is 1. The lowest BCUT2D eigenvalue weighted by atomic mass is 9.63. The molecule has 0 aliphatic heterocycles. The van der Waals surface area contributed by atoms with Crippen molar-refractivity contribution in [3.63, 3.8) is 0 Å². The molecule has 1 aliphatic rings. The number of rotatable bonds is 7. The van der Waals surface area contributed by atoms with Crippen LogP contribution in [0.2, 0.25) is 10.0 Å². The average Bonchev–Trinajstić information content (AvgIpc) is 2.39. The second-order valence-corrected chi connectivity index (χ2v) is 6.21. The first-order valence-electron chi connectivity index (χ1n) is 7.42. The van der Waals surface area contributed by atoms with Crippen molar-refractivity contribution in [1.82, 2.24) is 5.32 Å². The lowest BCUT2D eigenvalue weighted by Gasteiger charge is -2.41. The summed E-state index contributed by atoms with van der Waals surface area (Å²) < 4.78 is 5.27. The number of hydrogen-bond donors (Lipinski definition) is 1. The smallest absolute Gasteiger partial charge is 0.230 e. The number of ether oxygens (including phenoxy) is 1. The quantitative estimate of drug-likeness (QED) is 0.769. The molecular weight excluding hydrogens is 309 g/mol. The molecule has 0 atom stereocenters. The second kappa shape index (κ2) is 7.48. The molecule has 0 aromatic heterocycles. The van der Waals surface area contributed by atoms with Crippen molar-refractivity contribution < 1.29 is 9.53 Å². The SMILES string of the molecule is CCOCCCNC(=O)C1(c2ccc(Cl)cc2Cl)CCC1. The zero-order valence-corrected chi connectivity index (χ0v) is 13.8. The first-order valence-corrected chi connectivity index (χ1v) is 8.17. The first-order chi connectivity index (χ1) is 10.1. The number of nitrogens with one attached hydrogen (secondary N) is 1. The number of amides is 1. The second-order valence-electron chi connectivity index (χ2n) is 5.37. The molecule has 0 spiro atoms. The van der Waals surface area contributed by atoms with Gasteiger partial charge in [0.15, 0.2) is 0 Å². The molecule has 21 heavy (non-hydrogen) atoms. The predicted molar refractivity (Wildman–Crippen MR) is 86.1 cm³/mol. The third-order valence-electron chi connectivity index (χ3n) is 4.04. The fourth-order valence-electron chi connectivity index (χ4n) is 2.72. The first kappa shape index (κ1) is 16.6. The van der Waals surface area contributed by atoms with Crippen molar-refractivity contribution in [3.05, 3.63) is 33.8 Å². The highest BCUT2D eigenvalue weighted by Gasteiger charge is 2.46. The minimum Gasteiger partial charge on any atom is -0.382 e. The summed E-state index contributed by atoms with van der Waals surface area (Å²) in [5, 5.41) is 4.18. The molecule has 1 aromatic carbocycles. The fraction of sp³-hybridized carbons (Fsp3) is 0.562. The van der Waals surface area contributed by atoms with Crippen LogP contribution in [0.3, 0.4) is 0 Å². The Kier molecular flexibility index (Phi) is 5.91. The molecule has 0 heterocycles. The van der Waals surface area contributed by atoms with Gasteiger partial charge in [-0.2, -0.15) is 0 Å². The lowest BCUT2D eigenvalue weighted by Crippen LogP contribution is -2.49. The third-order valence-corrected chi connectivity index (χ3v) is 4.59. The molecule has 1 aromatic rings. The average molecular weight is 330 g/mol. The Labute approximate surface area is 136 Å². The Morgan fingerprint density at radius 2 is 2.14 bits per heavy atom. The number of carbonyl (C=O) groups is 1. The van der Waals surface area contributed by atoms with Gasteiger partial charge >= 0.3 is 0 Å². The summed E-state index contributed by atoms with van der Waals surface area (Å²) in [6.07, 6.45) is 3.55. The Hall–Kier alpha value is -0.770. The van der Waals surface area contributed by atoms with Gasteiger partial charge in [0.05, 0.1) is 5.41 Å². The topological polar surface area (TPSA) is 38.3 Å². The standard InChI is InChI=1S/C16H21Cl2NO2/c1-2-21-10-4-9-19-15(20)16(7-3-8-16)13-6-5-12(17)11-14(13)18/h5-6,11H,2-4,7-10H2,1H3,(H,19,20). The van der Waals surface area contributed by atoms with Crippen molar-refractivity contribution in [3.8, 4) is 0 Å². The number of hydrogen-bond acceptors (Lipinski definition) is 2. The molecular formula is C16H21Cl2NO2. The molecule has 1 aliphatic carbocycles. The summed E-state index contributed by atoms with van der Waals surface area (Å²) in [5.41, 5.74) is 0.412. The van der Waals surface area contributed by atoms with Crippen molar-refractivity contribution in [2.24, 2.45) is 0 Å². The van der Waals surface area contributed by atoms with Gasteiger partial charge in [-0.25, -0.2) is 0 Å². The van der Waals surface area contributed by atoms with Gasteiger partial charge in [0.1, 0.15) is 0 Å². The van der Waals surface area contributed by atoms with Crippen LogP contribution in [0.5, 0.6) is 0 Å². The van der Waals surface area contributed by atoms with E-state index < -0.39 is 5.41 Å². The fourth-order valence-corrected chi connectivity index (χ4v) is 3.31. The van der Waals surface area contributed by atoms with Crippen LogP contribution < -0.4 is 5.32 Å². The van der Waals surface area contributed by atoms with E-state index >= 15 is 0 Å². The highest BCUT2D eigenvalue weighted by molar-refractivity contribution is 6.35. The maximum absolute atomic E-state index is 12.6. The van der Waals surface area contributed by atoms with Gasteiger partial charge in [0, 0.05) is 29.8 Å². The third kappa shape index (κ3) is 3.71. The van der Waals surface area contributed by atoms with Crippen molar-refractivity contribution >= 4 is 29.1 Å².